The lowest BCUT2D eigenvalue weighted by Gasteiger charge is -2.34. The molecule has 0 fully saturated rings. The second-order valence-electron chi connectivity index (χ2n) is 6.90. The summed E-state index contributed by atoms with van der Waals surface area (Å²) in [5, 5.41) is 9.21. The molecule has 3 aromatic rings. The highest BCUT2D eigenvalue weighted by Gasteiger charge is 2.40. The van der Waals surface area contributed by atoms with Crippen LogP contribution in [-0.4, -0.2) is 36.9 Å². The van der Waals surface area contributed by atoms with Crippen molar-refractivity contribution >= 4 is 27.7 Å². The standard InChI is InChI=1S/C22H18N2O5S/c1-23-19-12-11-18(21(25)26)13-20(19)30(28,29)24(22(23)27)14-15-7-9-17(10-8-15)16-5-3-2-4-6-16/h2-13H,14H2,1H3,(H,25,26). The summed E-state index contributed by atoms with van der Waals surface area (Å²) in [5.74, 6) is -1.24. The zero-order valence-corrected chi connectivity index (χ0v) is 16.8. The summed E-state index contributed by atoms with van der Waals surface area (Å²) in [6, 6.07) is 20.0. The Morgan fingerprint density at radius 2 is 1.57 bits per heavy atom. The monoisotopic (exact) mass is 422 g/mol. The van der Waals surface area contributed by atoms with Crippen molar-refractivity contribution in [1.82, 2.24) is 4.31 Å². The van der Waals surface area contributed by atoms with Gasteiger partial charge in [-0.15, -0.1) is 0 Å². The van der Waals surface area contributed by atoms with Crippen LogP contribution in [0.4, 0.5) is 10.5 Å². The fourth-order valence-electron chi connectivity index (χ4n) is 3.37. The number of hydrogen-bond donors (Lipinski definition) is 1. The summed E-state index contributed by atoms with van der Waals surface area (Å²) in [6.45, 7) is -0.155. The van der Waals surface area contributed by atoms with Crippen LogP contribution in [0.5, 0.6) is 0 Å². The van der Waals surface area contributed by atoms with E-state index >= 15 is 0 Å². The van der Waals surface area contributed by atoms with Crippen molar-refractivity contribution in [2.75, 3.05) is 11.9 Å². The number of amides is 2. The number of aromatic carboxylic acids is 1. The first kappa shape index (κ1) is 19.7. The summed E-state index contributed by atoms with van der Waals surface area (Å²) in [6.07, 6.45) is 0. The van der Waals surface area contributed by atoms with Crippen LogP contribution in [0.3, 0.4) is 0 Å². The lowest BCUT2D eigenvalue weighted by molar-refractivity contribution is 0.0696. The molecule has 0 aromatic heterocycles. The first-order chi connectivity index (χ1) is 14.3. The molecule has 0 spiro atoms. The fourth-order valence-corrected chi connectivity index (χ4v) is 5.00. The average molecular weight is 422 g/mol. The van der Waals surface area contributed by atoms with Gasteiger partial charge in [0, 0.05) is 7.05 Å². The third-order valence-corrected chi connectivity index (χ3v) is 6.77. The van der Waals surface area contributed by atoms with Gasteiger partial charge in [0.05, 0.1) is 17.8 Å². The van der Waals surface area contributed by atoms with E-state index in [-0.39, 0.29) is 22.7 Å². The molecule has 2 amide bonds. The van der Waals surface area contributed by atoms with E-state index in [1.54, 1.807) is 12.1 Å². The molecular weight excluding hydrogens is 404 g/mol. The van der Waals surface area contributed by atoms with E-state index in [0.717, 1.165) is 21.5 Å². The van der Waals surface area contributed by atoms with Crippen LogP contribution in [0.25, 0.3) is 11.1 Å². The van der Waals surface area contributed by atoms with Gasteiger partial charge in [0.1, 0.15) is 4.90 Å². The molecule has 1 aliphatic heterocycles. The summed E-state index contributed by atoms with van der Waals surface area (Å²) < 4.78 is 27.0. The molecule has 7 nitrogen and oxygen atoms in total. The average Bonchev–Trinajstić information content (AvgIpc) is 2.76. The molecule has 152 valence electrons. The van der Waals surface area contributed by atoms with Gasteiger partial charge in [-0.1, -0.05) is 54.6 Å². The summed E-state index contributed by atoms with van der Waals surface area (Å²) >= 11 is 0. The maximum atomic E-state index is 13.1. The van der Waals surface area contributed by atoms with Gasteiger partial charge in [0.15, 0.2) is 0 Å². The molecule has 0 atom stereocenters. The lowest BCUT2D eigenvalue weighted by Crippen LogP contribution is -2.48. The van der Waals surface area contributed by atoms with E-state index in [0.29, 0.717) is 5.56 Å². The van der Waals surface area contributed by atoms with E-state index in [4.69, 9.17) is 0 Å². The molecule has 0 saturated heterocycles. The minimum absolute atomic E-state index is 0.153. The minimum atomic E-state index is -4.20. The third kappa shape index (κ3) is 3.31. The Morgan fingerprint density at radius 1 is 0.933 bits per heavy atom. The minimum Gasteiger partial charge on any atom is -0.478 e. The number of benzene rings is 3. The predicted octanol–water partition coefficient (Wildman–Crippen LogP) is 3.81. The normalized spacial score (nSPS) is 15.0. The van der Waals surface area contributed by atoms with E-state index in [2.05, 4.69) is 0 Å². The summed E-state index contributed by atoms with van der Waals surface area (Å²) in [7, 11) is -2.74. The van der Waals surface area contributed by atoms with E-state index in [1.807, 2.05) is 42.5 Å². The van der Waals surface area contributed by atoms with Gasteiger partial charge in [0.2, 0.25) is 0 Å². The second-order valence-corrected chi connectivity index (χ2v) is 8.73. The van der Waals surface area contributed by atoms with Crippen molar-refractivity contribution in [2.24, 2.45) is 0 Å². The molecule has 30 heavy (non-hydrogen) atoms. The molecule has 0 saturated carbocycles. The Hall–Kier alpha value is -3.65. The van der Waals surface area contributed by atoms with Crippen LogP contribution in [-0.2, 0) is 16.6 Å². The van der Waals surface area contributed by atoms with Crippen LogP contribution in [0.15, 0.2) is 77.7 Å². The largest absolute Gasteiger partial charge is 0.478 e. The summed E-state index contributed by atoms with van der Waals surface area (Å²) in [5.41, 5.74) is 2.63. The van der Waals surface area contributed by atoms with E-state index in [9.17, 15) is 23.1 Å². The van der Waals surface area contributed by atoms with Crippen molar-refractivity contribution in [3.05, 3.63) is 83.9 Å². The number of anilines is 1. The highest BCUT2D eigenvalue weighted by Crippen LogP contribution is 2.35. The van der Waals surface area contributed by atoms with Gasteiger partial charge < -0.3 is 5.11 Å². The van der Waals surface area contributed by atoms with E-state index < -0.39 is 22.0 Å². The highest BCUT2D eigenvalue weighted by molar-refractivity contribution is 7.90. The summed E-state index contributed by atoms with van der Waals surface area (Å²) in [4.78, 5) is 25.1. The number of carboxylic acids is 1. The van der Waals surface area contributed by atoms with Gasteiger partial charge in [-0.05, 0) is 34.9 Å². The van der Waals surface area contributed by atoms with Crippen LogP contribution in [0, 0.1) is 0 Å². The first-order valence-corrected chi connectivity index (χ1v) is 10.5. The van der Waals surface area contributed by atoms with Crippen molar-refractivity contribution in [3.8, 4) is 11.1 Å². The Bertz CT molecular complexity index is 1240. The number of hydrogen-bond acceptors (Lipinski definition) is 4. The number of sulfonamides is 1. The molecule has 4 rings (SSSR count). The van der Waals surface area contributed by atoms with Crippen LogP contribution in [0.1, 0.15) is 15.9 Å². The van der Waals surface area contributed by atoms with Crippen molar-refractivity contribution < 1.29 is 23.1 Å². The number of nitrogens with zero attached hydrogens (tertiary/aromatic N) is 2. The van der Waals surface area contributed by atoms with Gasteiger partial charge in [-0.2, -0.15) is 0 Å². The fraction of sp³-hybridized carbons (Fsp3) is 0.0909. The molecule has 0 bridgehead atoms. The Balaban J connectivity index is 1.68. The molecular formula is C22H18N2O5S. The number of fused-ring (bicyclic) bond motifs is 1. The quantitative estimate of drug-likeness (QED) is 0.690. The smallest absolute Gasteiger partial charge is 0.338 e. The molecule has 3 aromatic carbocycles. The van der Waals surface area contributed by atoms with E-state index in [1.165, 1.54) is 24.1 Å². The van der Waals surface area contributed by atoms with Gasteiger partial charge >= 0.3 is 12.0 Å². The molecule has 1 N–H and O–H groups in total. The highest BCUT2D eigenvalue weighted by atomic mass is 32.2. The Morgan fingerprint density at radius 3 is 2.20 bits per heavy atom. The molecule has 1 aliphatic rings. The first-order valence-electron chi connectivity index (χ1n) is 9.11. The second kappa shape index (κ2) is 7.31. The number of rotatable bonds is 4. The molecule has 0 unspecified atom stereocenters. The van der Waals surface area contributed by atoms with Crippen LogP contribution in [0.2, 0.25) is 0 Å². The molecule has 1 heterocycles. The number of carbonyl (C=O) groups excluding carboxylic acids is 1. The van der Waals surface area contributed by atoms with Crippen LogP contribution >= 0.6 is 0 Å². The number of carbonyl (C=O) groups is 2. The third-order valence-electron chi connectivity index (χ3n) is 5.02. The predicted molar refractivity (Wildman–Crippen MR) is 112 cm³/mol. The Kier molecular flexibility index (Phi) is 4.79. The van der Waals surface area contributed by atoms with Crippen molar-refractivity contribution in [3.63, 3.8) is 0 Å². The number of urea groups is 1. The van der Waals surface area contributed by atoms with Gasteiger partial charge in [-0.3, -0.25) is 4.90 Å². The van der Waals surface area contributed by atoms with Crippen molar-refractivity contribution in [2.45, 2.75) is 11.4 Å². The SMILES string of the molecule is CN1C(=O)N(Cc2ccc(-c3ccccc3)cc2)S(=O)(=O)c2cc(C(=O)O)ccc21. The zero-order chi connectivity index (χ0) is 21.5. The molecule has 0 radical (unpaired) electrons. The maximum Gasteiger partial charge on any atom is 0.338 e. The molecule has 8 heteroatoms. The van der Waals surface area contributed by atoms with Gasteiger partial charge in [-0.25, -0.2) is 22.3 Å². The zero-order valence-electron chi connectivity index (χ0n) is 16.0. The Labute approximate surface area is 173 Å². The van der Waals surface area contributed by atoms with Crippen molar-refractivity contribution in [1.29, 1.82) is 0 Å². The van der Waals surface area contributed by atoms with Gasteiger partial charge in [0.25, 0.3) is 10.0 Å². The topological polar surface area (TPSA) is 95.0 Å². The number of carboxylic acid groups (broad SMARTS) is 1. The maximum absolute atomic E-state index is 13.1. The lowest BCUT2D eigenvalue weighted by atomic mass is 10.0. The van der Waals surface area contributed by atoms with Crippen LogP contribution < -0.4 is 4.90 Å². The molecule has 0 aliphatic carbocycles.